The molecule has 0 bridgehead atoms. The van der Waals surface area contributed by atoms with E-state index in [4.69, 9.17) is 20.1 Å². The number of thioether (sulfide) groups is 1. The Hall–Kier alpha value is -3.84. The second kappa shape index (κ2) is 10.3. The summed E-state index contributed by atoms with van der Waals surface area (Å²) in [5.74, 6) is -0.281. The van der Waals surface area contributed by atoms with Crippen molar-refractivity contribution in [3.8, 4) is 17.7 Å². The van der Waals surface area contributed by atoms with Gasteiger partial charge in [0.15, 0.2) is 17.5 Å². The molecule has 2 heterocycles. The van der Waals surface area contributed by atoms with Gasteiger partial charge in [0.1, 0.15) is 11.6 Å². The number of hydrogen-bond donors (Lipinski definition) is 1. The highest BCUT2D eigenvalue weighted by atomic mass is 32.2. The largest absolute Gasteiger partial charge is 0.461 e. The summed E-state index contributed by atoms with van der Waals surface area (Å²) in [4.78, 5) is 24.0. The van der Waals surface area contributed by atoms with Gasteiger partial charge in [0.05, 0.1) is 18.6 Å². The average molecular weight is 437 g/mol. The number of aromatic nitrogens is 3. The molecule has 0 aliphatic rings. The highest BCUT2D eigenvalue weighted by Gasteiger charge is 2.19. The van der Waals surface area contributed by atoms with Crippen LogP contribution < -0.4 is 5.73 Å². The molecule has 0 radical (unpaired) electrons. The van der Waals surface area contributed by atoms with Gasteiger partial charge in [-0.1, -0.05) is 42.1 Å². The van der Waals surface area contributed by atoms with E-state index in [1.54, 1.807) is 24.5 Å². The smallest absolute Gasteiger partial charge is 0.316 e. The average Bonchev–Trinajstić information content (AvgIpc) is 3.42. The summed E-state index contributed by atoms with van der Waals surface area (Å²) >= 11 is 1.12. The standard InChI is InChI=1S/C21H19N5O4S/c1-14(23)16(10-22)17(27)12-30-19(28)13-31-21-25-24-20(18-8-5-9-29-18)26(21)11-15-6-3-2-4-7-15/h2-9H,11-13,23H2,1H3/b16-14+. The van der Waals surface area contributed by atoms with Crippen LogP contribution in [0.2, 0.25) is 0 Å². The summed E-state index contributed by atoms with van der Waals surface area (Å²) in [6.45, 7) is 1.36. The van der Waals surface area contributed by atoms with Gasteiger partial charge < -0.3 is 14.9 Å². The van der Waals surface area contributed by atoms with Crippen molar-refractivity contribution < 1.29 is 18.7 Å². The van der Waals surface area contributed by atoms with Gasteiger partial charge in [-0.2, -0.15) is 5.26 Å². The number of furan rings is 1. The highest BCUT2D eigenvalue weighted by Crippen LogP contribution is 2.25. The fourth-order valence-electron chi connectivity index (χ4n) is 2.65. The van der Waals surface area contributed by atoms with Gasteiger partial charge in [0, 0.05) is 5.70 Å². The van der Waals surface area contributed by atoms with Crippen LogP contribution in [0.3, 0.4) is 0 Å². The Kier molecular flexibility index (Phi) is 7.24. The van der Waals surface area contributed by atoms with Gasteiger partial charge in [-0.25, -0.2) is 0 Å². The molecule has 1 aromatic carbocycles. The third kappa shape index (κ3) is 5.61. The van der Waals surface area contributed by atoms with Crippen LogP contribution in [0.15, 0.2) is 69.6 Å². The van der Waals surface area contributed by atoms with Crippen molar-refractivity contribution in [2.75, 3.05) is 12.4 Å². The molecule has 0 atom stereocenters. The fourth-order valence-corrected chi connectivity index (χ4v) is 3.38. The lowest BCUT2D eigenvalue weighted by Gasteiger charge is -2.09. The maximum atomic E-state index is 12.1. The molecular weight excluding hydrogens is 418 g/mol. The number of rotatable bonds is 9. The van der Waals surface area contributed by atoms with Crippen molar-refractivity contribution >= 4 is 23.5 Å². The summed E-state index contributed by atoms with van der Waals surface area (Å²) in [7, 11) is 0. The zero-order valence-electron chi connectivity index (χ0n) is 16.6. The molecule has 2 aromatic heterocycles. The first-order valence-electron chi connectivity index (χ1n) is 9.18. The van der Waals surface area contributed by atoms with Crippen LogP contribution >= 0.6 is 11.8 Å². The van der Waals surface area contributed by atoms with E-state index in [9.17, 15) is 9.59 Å². The Labute approximate surface area is 182 Å². The molecule has 0 unspecified atom stereocenters. The number of benzene rings is 1. The molecule has 9 nitrogen and oxygen atoms in total. The van der Waals surface area contributed by atoms with Crippen LogP contribution in [-0.4, -0.2) is 38.9 Å². The lowest BCUT2D eigenvalue weighted by molar-refractivity contribution is -0.144. The van der Waals surface area contributed by atoms with Crippen molar-refractivity contribution in [2.24, 2.45) is 5.73 Å². The molecule has 0 spiro atoms. The molecule has 0 saturated heterocycles. The molecule has 3 aromatic rings. The number of carbonyl (C=O) groups excluding carboxylic acids is 2. The maximum absolute atomic E-state index is 12.1. The summed E-state index contributed by atoms with van der Waals surface area (Å²) in [5, 5.41) is 17.8. The third-order valence-electron chi connectivity index (χ3n) is 4.11. The number of nitriles is 1. The number of nitrogens with two attached hydrogens (primary N) is 1. The fraction of sp³-hybridized carbons (Fsp3) is 0.190. The SMILES string of the molecule is C/C(N)=C(/C#N)C(=O)COC(=O)CSc1nnc(-c2ccco2)n1Cc1ccccc1. The van der Waals surface area contributed by atoms with E-state index in [1.807, 2.05) is 34.9 Å². The number of carbonyl (C=O) groups is 2. The Morgan fingerprint density at radius 2 is 2.00 bits per heavy atom. The highest BCUT2D eigenvalue weighted by molar-refractivity contribution is 7.99. The Bertz CT molecular complexity index is 1130. The van der Waals surface area contributed by atoms with E-state index in [-0.39, 0.29) is 17.0 Å². The van der Waals surface area contributed by atoms with Gasteiger partial charge in [-0.05, 0) is 24.6 Å². The summed E-state index contributed by atoms with van der Waals surface area (Å²) in [6.07, 6.45) is 1.55. The van der Waals surface area contributed by atoms with Gasteiger partial charge in [-0.3, -0.25) is 14.2 Å². The lowest BCUT2D eigenvalue weighted by atomic mass is 10.1. The van der Waals surface area contributed by atoms with Crippen molar-refractivity contribution in [1.82, 2.24) is 14.8 Å². The third-order valence-corrected chi connectivity index (χ3v) is 5.05. The quantitative estimate of drug-likeness (QED) is 0.232. The molecule has 31 heavy (non-hydrogen) atoms. The van der Waals surface area contributed by atoms with Gasteiger partial charge in [0.2, 0.25) is 11.6 Å². The van der Waals surface area contributed by atoms with Crippen LogP contribution in [0.4, 0.5) is 0 Å². The van der Waals surface area contributed by atoms with E-state index >= 15 is 0 Å². The Morgan fingerprint density at radius 3 is 2.65 bits per heavy atom. The molecule has 0 amide bonds. The van der Waals surface area contributed by atoms with Crippen LogP contribution in [0.5, 0.6) is 0 Å². The molecule has 2 N–H and O–H groups in total. The lowest BCUT2D eigenvalue weighted by Crippen LogP contribution is -2.18. The van der Waals surface area contributed by atoms with Crippen LogP contribution in [0.1, 0.15) is 12.5 Å². The molecule has 0 fully saturated rings. The van der Waals surface area contributed by atoms with Crippen molar-refractivity contribution in [3.05, 3.63) is 65.6 Å². The monoisotopic (exact) mass is 437 g/mol. The number of ketones is 1. The van der Waals surface area contributed by atoms with E-state index in [2.05, 4.69) is 10.2 Å². The molecular formula is C21H19N5O4S. The van der Waals surface area contributed by atoms with E-state index < -0.39 is 18.4 Å². The van der Waals surface area contributed by atoms with Gasteiger partial charge in [0.25, 0.3) is 0 Å². The number of ether oxygens (including phenoxy) is 1. The summed E-state index contributed by atoms with van der Waals surface area (Å²) in [6, 6.07) is 15.0. The molecule has 0 aliphatic heterocycles. The topological polar surface area (TPSA) is 137 Å². The molecule has 158 valence electrons. The molecule has 3 rings (SSSR count). The minimum atomic E-state index is -0.645. The zero-order valence-corrected chi connectivity index (χ0v) is 17.5. The summed E-state index contributed by atoms with van der Waals surface area (Å²) < 4.78 is 12.3. The normalized spacial score (nSPS) is 11.5. The van der Waals surface area contributed by atoms with Crippen LogP contribution in [0.25, 0.3) is 11.6 Å². The number of Topliss-reactive ketones (excluding diaryl/α,β-unsaturated/α-hetero) is 1. The first-order chi connectivity index (χ1) is 15.0. The molecule has 10 heteroatoms. The second-order valence-corrected chi connectivity index (χ2v) is 7.34. The second-order valence-electron chi connectivity index (χ2n) is 6.40. The van der Waals surface area contributed by atoms with E-state index in [1.165, 1.54) is 6.92 Å². The molecule has 0 saturated carbocycles. The van der Waals surface area contributed by atoms with Crippen molar-refractivity contribution in [1.29, 1.82) is 5.26 Å². The predicted octanol–water partition coefficient (Wildman–Crippen LogP) is 2.55. The number of nitrogens with zero attached hydrogens (tertiary/aromatic N) is 4. The van der Waals surface area contributed by atoms with Crippen LogP contribution in [0, 0.1) is 11.3 Å². The minimum absolute atomic E-state index is 0.0809. The van der Waals surface area contributed by atoms with E-state index in [0.29, 0.717) is 23.3 Å². The minimum Gasteiger partial charge on any atom is -0.461 e. The van der Waals surface area contributed by atoms with Gasteiger partial charge >= 0.3 is 5.97 Å². The maximum Gasteiger partial charge on any atom is 0.316 e. The van der Waals surface area contributed by atoms with Crippen molar-refractivity contribution in [2.45, 2.75) is 18.6 Å². The Morgan fingerprint density at radius 1 is 1.23 bits per heavy atom. The zero-order chi connectivity index (χ0) is 22.2. The van der Waals surface area contributed by atoms with E-state index in [0.717, 1.165) is 17.3 Å². The first-order valence-corrected chi connectivity index (χ1v) is 10.2. The first kappa shape index (κ1) is 21.9. The van der Waals surface area contributed by atoms with Gasteiger partial charge in [-0.15, -0.1) is 10.2 Å². The Balaban J connectivity index is 1.69. The number of hydrogen-bond acceptors (Lipinski definition) is 9. The predicted molar refractivity (Wildman–Crippen MR) is 112 cm³/mol. The number of allylic oxidation sites excluding steroid dienone is 1. The molecule has 0 aliphatic carbocycles. The summed E-state index contributed by atoms with van der Waals surface area (Å²) in [5.41, 5.74) is 6.37. The number of esters is 1. The van der Waals surface area contributed by atoms with Crippen LogP contribution in [-0.2, 0) is 20.9 Å². The van der Waals surface area contributed by atoms with Crippen molar-refractivity contribution in [3.63, 3.8) is 0 Å².